The summed E-state index contributed by atoms with van der Waals surface area (Å²) >= 11 is 0. The van der Waals surface area contributed by atoms with Crippen molar-refractivity contribution in [2.24, 2.45) is 0 Å². The quantitative estimate of drug-likeness (QED) is 0.585. The number of tetrazole rings is 1. The van der Waals surface area contributed by atoms with Gasteiger partial charge in [-0.1, -0.05) is 30.3 Å². The van der Waals surface area contributed by atoms with Gasteiger partial charge in [0.05, 0.1) is 13.7 Å². The lowest BCUT2D eigenvalue weighted by molar-refractivity contribution is -0.131. The third-order valence-electron chi connectivity index (χ3n) is 5.52. The van der Waals surface area contributed by atoms with Crippen molar-refractivity contribution in [3.05, 3.63) is 54.6 Å². The van der Waals surface area contributed by atoms with Gasteiger partial charge in [0.15, 0.2) is 0 Å². The van der Waals surface area contributed by atoms with Crippen LogP contribution in [0.1, 0.15) is 19.3 Å². The molecule has 1 aliphatic rings. The molecule has 0 unspecified atom stereocenters. The van der Waals surface area contributed by atoms with Gasteiger partial charge in [0.1, 0.15) is 5.75 Å². The van der Waals surface area contributed by atoms with Crippen LogP contribution < -0.4 is 9.64 Å². The SMILES string of the molecule is COc1ccc(N2CCCN(C(=O)CCCn3nnc(-c4ccccc4)n3)CC2)cc1. The first-order valence-electron chi connectivity index (χ1n) is 10.7. The zero-order valence-electron chi connectivity index (χ0n) is 17.9. The summed E-state index contributed by atoms with van der Waals surface area (Å²) < 4.78 is 5.24. The van der Waals surface area contributed by atoms with Crippen LogP contribution >= 0.6 is 0 Å². The Hall–Kier alpha value is -3.42. The minimum atomic E-state index is 0.194. The highest BCUT2D eigenvalue weighted by atomic mass is 16.5. The van der Waals surface area contributed by atoms with Gasteiger partial charge in [-0.25, -0.2) is 0 Å². The highest BCUT2D eigenvalue weighted by molar-refractivity contribution is 5.76. The van der Waals surface area contributed by atoms with E-state index in [0.29, 0.717) is 25.2 Å². The second-order valence-corrected chi connectivity index (χ2v) is 7.60. The fraction of sp³-hybridized carbons (Fsp3) is 0.391. The van der Waals surface area contributed by atoms with Crippen LogP contribution in [0.3, 0.4) is 0 Å². The van der Waals surface area contributed by atoms with Crippen LogP contribution in [0, 0.1) is 0 Å². The number of amides is 1. The number of nitrogens with zero attached hydrogens (tertiary/aromatic N) is 6. The first-order chi connectivity index (χ1) is 15.2. The van der Waals surface area contributed by atoms with Gasteiger partial charge in [-0.2, -0.15) is 4.80 Å². The third-order valence-corrected chi connectivity index (χ3v) is 5.52. The molecule has 2 aromatic carbocycles. The van der Waals surface area contributed by atoms with Crippen LogP contribution in [0.25, 0.3) is 11.4 Å². The van der Waals surface area contributed by atoms with Crippen molar-refractivity contribution >= 4 is 11.6 Å². The van der Waals surface area contributed by atoms with Gasteiger partial charge < -0.3 is 14.5 Å². The van der Waals surface area contributed by atoms with E-state index in [1.165, 1.54) is 5.69 Å². The van der Waals surface area contributed by atoms with E-state index in [1.807, 2.05) is 47.4 Å². The smallest absolute Gasteiger partial charge is 0.222 e. The molecular weight excluding hydrogens is 392 g/mol. The summed E-state index contributed by atoms with van der Waals surface area (Å²) in [5.74, 6) is 1.66. The Morgan fingerprint density at radius 3 is 2.58 bits per heavy atom. The molecule has 31 heavy (non-hydrogen) atoms. The van der Waals surface area contributed by atoms with Crippen molar-refractivity contribution in [3.8, 4) is 17.1 Å². The summed E-state index contributed by atoms with van der Waals surface area (Å²) in [5.41, 5.74) is 2.11. The minimum absolute atomic E-state index is 0.194. The van der Waals surface area contributed by atoms with Crippen LogP contribution in [0.4, 0.5) is 5.69 Å². The molecule has 1 aromatic heterocycles. The molecule has 0 atom stereocenters. The molecule has 0 bridgehead atoms. The van der Waals surface area contributed by atoms with E-state index >= 15 is 0 Å². The monoisotopic (exact) mass is 420 g/mol. The molecule has 0 spiro atoms. The van der Waals surface area contributed by atoms with Crippen molar-refractivity contribution in [1.29, 1.82) is 0 Å². The van der Waals surface area contributed by atoms with Crippen molar-refractivity contribution in [3.63, 3.8) is 0 Å². The molecule has 0 N–H and O–H groups in total. The zero-order valence-corrected chi connectivity index (χ0v) is 17.9. The van der Waals surface area contributed by atoms with Gasteiger partial charge in [-0.05, 0) is 42.3 Å². The number of aromatic nitrogens is 4. The highest BCUT2D eigenvalue weighted by Crippen LogP contribution is 2.21. The largest absolute Gasteiger partial charge is 0.497 e. The summed E-state index contributed by atoms with van der Waals surface area (Å²) in [5, 5.41) is 12.6. The fourth-order valence-corrected chi connectivity index (χ4v) is 3.79. The third kappa shape index (κ3) is 5.39. The lowest BCUT2D eigenvalue weighted by Gasteiger charge is -2.24. The summed E-state index contributed by atoms with van der Waals surface area (Å²) in [7, 11) is 1.67. The Labute approximate surface area is 182 Å². The molecular formula is C23H28N6O2. The van der Waals surface area contributed by atoms with Crippen LogP contribution in [-0.2, 0) is 11.3 Å². The second-order valence-electron chi connectivity index (χ2n) is 7.60. The number of carbonyl (C=O) groups excluding carboxylic acids is 1. The lowest BCUT2D eigenvalue weighted by Crippen LogP contribution is -2.35. The predicted molar refractivity (Wildman–Crippen MR) is 119 cm³/mol. The molecule has 0 saturated carbocycles. The van der Waals surface area contributed by atoms with Crippen molar-refractivity contribution < 1.29 is 9.53 Å². The van der Waals surface area contributed by atoms with Crippen molar-refractivity contribution in [2.75, 3.05) is 38.2 Å². The van der Waals surface area contributed by atoms with Crippen LogP contribution in [0.2, 0.25) is 0 Å². The number of aryl methyl sites for hydroxylation is 1. The Balaban J connectivity index is 1.24. The molecule has 1 aliphatic heterocycles. The zero-order chi connectivity index (χ0) is 21.5. The van der Waals surface area contributed by atoms with Gasteiger partial charge in [0, 0.05) is 43.9 Å². The maximum absolute atomic E-state index is 12.7. The fourth-order valence-electron chi connectivity index (χ4n) is 3.79. The minimum Gasteiger partial charge on any atom is -0.497 e. The van der Waals surface area contributed by atoms with E-state index in [0.717, 1.165) is 43.9 Å². The lowest BCUT2D eigenvalue weighted by atomic mass is 10.2. The average Bonchev–Trinajstić information content (AvgIpc) is 3.15. The summed E-state index contributed by atoms with van der Waals surface area (Å²) in [6.45, 7) is 3.90. The predicted octanol–water partition coefficient (Wildman–Crippen LogP) is 2.87. The molecule has 4 rings (SSSR count). The Kier molecular flexibility index (Phi) is 6.76. The maximum atomic E-state index is 12.7. The standard InChI is InChI=1S/C23H28N6O2/c1-31-21-12-10-20(11-13-21)27-14-6-15-28(18-17-27)22(30)9-5-16-29-25-23(24-26-29)19-7-3-2-4-8-19/h2-4,7-8,10-13H,5-6,9,14-18H2,1H3. The molecule has 1 amide bonds. The van der Waals surface area contributed by atoms with Gasteiger partial charge >= 0.3 is 0 Å². The maximum Gasteiger partial charge on any atom is 0.222 e. The molecule has 0 aliphatic carbocycles. The molecule has 8 nitrogen and oxygen atoms in total. The van der Waals surface area contributed by atoms with Crippen molar-refractivity contribution in [1.82, 2.24) is 25.1 Å². The Bertz CT molecular complexity index is 973. The molecule has 2 heterocycles. The Morgan fingerprint density at radius 1 is 1.00 bits per heavy atom. The van der Waals surface area contributed by atoms with E-state index in [9.17, 15) is 4.79 Å². The highest BCUT2D eigenvalue weighted by Gasteiger charge is 2.19. The van der Waals surface area contributed by atoms with E-state index in [1.54, 1.807) is 11.9 Å². The first-order valence-corrected chi connectivity index (χ1v) is 10.7. The number of methoxy groups -OCH3 is 1. The number of rotatable bonds is 7. The molecule has 0 radical (unpaired) electrons. The van der Waals surface area contributed by atoms with E-state index in [-0.39, 0.29) is 5.91 Å². The number of hydrogen-bond donors (Lipinski definition) is 0. The van der Waals surface area contributed by atoms with Gasteiger partial charge in [-0.3, -0.25) is 4.79 Å². The molecule has 162 valence electrons. The molecule has 1 fully saturated rings. The number of hydrogen-bond acceptors (Lipinski definition) is 6. The van der Waals surface area contributed by atoms with Gasteiger partial charge in [0.2, 0.25) is 11.7 Å². The van der Waals surface area contributed by atoms with Gasteiger partial charge in [-0.15, -0.1) is 10.2 Å². The van der Waals surface area contributed by atoms with Gasteiger partial charge in [0.25, 0.3) is 0 Å². The number of anilines is 1. The number of carbonyl (C=O) groups is 1. The summed E-state index contributed by atoms with van der Waals surface area (Å²) in [6.07, 6.45) is 2.15. The number of benzene rings is 2. The molecule has 3 aromatic rings. The van der Waals surface area contributed by atoms with E-state index in [2.05, 4.69) is 32.4 Å². The van der Waals surface area contributed by atoms with Crippen LogP contribution in [0.5, 0.6) is 5.75 Å². The van der Waals surface area contributed by atoms with E-state index in [4.69, 9.17) is 4.74 Å². The Morgan fingerprint density at radius 2 is 1.81 bits per heavy atom. The summed E-state index contributed by atoms with van der Waals surface area (Å²) in [6, 6.07) is 17.9. The number of ether oxygens (including phenoxy) is 1. The molecule has 8 heteroatoms. The van der Waals surface area contributed by atoms with E-state index < -0.39 is 0 Å². The second kappa shape index (κ2) is 10.1. The topological polar surface area (TPSA) is 76.4 Å². The van der Waals surface area contributed by atoms with Crippen LogP contribution in [-0.4, -0.2) is 64.3 Å². The van der Waals surface area contributed by atoms with Crippen molar-refractivity contribution in [2.45, 2.75) is 25.8 Å². The normalized spacial score (nSPS) is 14.4. The summed E-state index contributed by atoms with van der Waals surface area (Å²) in [4.78, 5) is 18.6. The molecule has 1 saturated heterocycles. The van der Waals surface area contributed by atoms with Crippen LogP contribution in [0.15, 0.2) is 54.6 Å². The first kappa shape index (κ1) is 20.8. The average molecular weight is 421 g/mol.